The van der Waals surface area contributed by atoms with E-state index in [2.05, 4.69) is 12.1 Å². The molecule has 2 aliphatic heterocycles. The van der Waals surface area contributed by atoms with E-state index in [0.29, 0.717) is 19.7 Å². The van der Waals surface area contributed by atoms with Crippen molar-refractivity contribution in [1.29, 1.82) is 0 Å². The number of rotatable bonds is 3. The Morgan fingerprint density at radius 2 is 2.04 bits per heavy atom. The molecule has 2 unspecified atom stereocenters. The molecule has 1 fully saturated rings. The van der Waals surface area contributed by atoms with Crippen molar-refractivity contribution in [1.82, 2.24) is 4.90 Å². The predicted octanol–water partition coefficient (Wildman–Crippen LogP) is 3.03. The number of carbonyl (C=O) groups excluding carboxylic acids is 1. The normalized spacial score (nSPS) is 22.2. The van der Waals surface area contributed by atoms with E-state index in [4.69, 9.17) is 9.47 Å². The largest absolute Gasteiger partial charge is 0.497 e. The molecule has 24 heavy (non-hydrogen) atoms. The van der Waals surface area contributed by atoms with Crippen molar-refractivity contribution in [2.75, 3.05) is 13.7 Å². The van der Waals surface area contributed by atoms with Crippen LogP contribution in [0.25, 0.3) is 0 Å². The van der Waals surface area contributed by atoms with Gasteiger partial charge >= 0.3 is 0 Å². The van der Waals surface area contributed by atoms with Crippen molar-refractivity contribution < 1.29 is 14.3 Å². The lowest BCUT2D eigenvalue weighted by Gasteiger charge is -2.28. The van der Waals surface area contributed by atoms with Gasteiger partial charge in [0.05, 0.1) is 25.7 Å². The van der Waals surface area contributed by atoms with Crippen molar-refractivity contribution in [3.8, 4) is 5.75 Å². The minimum absolute atomic E-state index is 0.0692. The molecule has 0 spiro atoms. The van der Waals surface area contributed by atoms with E-state index in [0.717, 1.165) is 28.0 Å². The molecular formula is C20H21NO3. The molecule has 2 aromatic rings. The average Bonchev–Trinajstić information content (AvgIpc) is 2.92. The summed E-state index contributed by atoms with van der Waals surface area (Å²) >= 11 is 0. The van der Waals surface area contributed by atoms with Gasteiger partial charge in [-0.25, -0.2) is 0 Å². The fraction of sp³-hybridized carbons (Fsp3) is 0.350. The van der Waals surface area contributed by atoms with E-state index in [1.165, 1.54) is 0 Å². The molecule has 0 aliphatic carbocycles. The minimum Gasteiger partial charge on any atom is -0.497 e. The maximum atomic E-state index is 13.0. The van der Waals surface area contributed by atoms with Crippen molar-refractivity contribution in [2.45, 2.75) is 32.1 Å². The number of methoxy groups -OCH3 is 1. The Kier molecular flexibility index (Phi) is 3.77. The highest BCUT2D eigenvalue weighted by Crippen LogP contribution is 2.41. The summed E-state index contributed by atoms with van der Waals surface area (Å²) in [7, 11) is 1.66. The lowest BCUT2D eigenvalue weighted by molar-refractivity contribution is -0.130. The Morgan fingerprint density at radius 1 is 1.25 bits per heavy atom. The molecule has 2 heterocycles. The van der Waals surface area contributed by atoms with Crippen LogP contribution in [0.3, 0.4) is 0 Å². The summed E-state index contributed by atoms with van der Waals surface area (Å²) in [6.07, 6.45) is -0.0692. The fourth-order valence-electron chi connectivity index (χ4n) is 3.79. The molecule has 124 valence electrons. The van der Waals surface area contributed by atoms with Gasteiger partial charge in [0, 0.05) is 13.1 Å². The summed E-state index contributed by atoms with van der Waals surface area (Å²) in [4.78, 5) is 14.9. The predicted molar refractivity (Wildman–Crippen MR) is 90.9 cm³/mol. The Bertz CT molecular complexity index is 772. The van der Waals surface area contributed by atoms with Crippen LogP contribution in [0, 0.1) is 6.92 Å². The Hall–Kier alpha value is -2.33. The van der Waals surface area contributed by atoms with Gasteiger partial charge < -0.3 is 14.4 Å². The first-order valence-corrected chi connectivity index (χ1v) is 8.29. The van der Waals surface area contributed by atoms with Crippen LogP contribution >= 0.6 is 0 Å². The lowest BCUT2D eigenvalue weighted by atomic mass is 9.87. The van der Waals surface area contributed by atoms with Crippen LogP contribution in [0.15, 0.2) is 42.5 Å². The molecule has 4 rings (SSSR count). The van der Waals surface area contributed by atoms with Crippen molar-refractivity contribution in [3.05, 3.63) is 64.7 Å². The zero-order valence-corrected chi connectivity index (χ0v) is 14.0. The standard InChI is InChI=1S/C20H21NO3/c1-13-8-15(23-2)9-16-17(13)12-24-18-11-21(20(22)19(16)18)10-14-6-4-3-5-7-14/h3-9,18-19H,10-12H2,1-2H3. The van der Waals surface area contributed by atoms with E-state index in [1.807, 2.05) is 42.2 Å². The molecule has 2 atom stereocenters. The van der Waals surface area contributed by atoms with Crippen LogP contribution < -0.4 is 4.74 Å². The third-order valence-electron chi connectivity index (χ3n) is 5.06. The third-order valence-corrected chi connectivity index (χ3v) is 5.06. The topological polar surface area (TPSA) is 38.8 Å². The number of hydrogen-bond acceptors (Lipinski definition) is 3. The number of likely N-dealkylation sites (tertiary alicyclic amines) is 1. The molecule has 1 amide bonds. The summed E-state index contributed by atoms with van der Waals surface area (Å²) in [5.41, 5.74) is 4.47. The van der Waals surface area contributed by atoms with Gasteiger partial charge in [-0.2, -0.15) is 0 Å². The van der Waals surface area contributed by atoms with E-state index < -0.39 is 0 Å². The Balaban J connectivity index is 1.66. The van der Waals surface area contributed by atoms with Crippen LogP contribution in [0.5, 0.6) is 5.75 Å². The number of hydrogen-bond donors (Lipinski definition) is 0. The molecule has 0 N–H and O–H groups in total. The number of amides is 1. The van der Waals surface area contributed by atoms with Gasteiger partial charge in [-0.05, 0) is 41.3 Å². The minimum atomic E-state index is -0.216. The quantitative estimate of drug-likeness (QED) is 0.871. The zero-order valence-electron chi connectivity index (χ0n) is 14.0. The molecule has 0 saturated carbocycles. The second-order valence-electron chi connectivity index (χ2n) is 6.54. The summed E-state index contributed by atoms with van der Waals surface area (Å²) in [6.45, 7) is 3.90. The van der Waals surface area contributed by atoms with Gasteiger partial charge in [-0.15, -0.1) is 0 Å². The third kappa shape index (κ3) is 2.47. The van der Waals surface area contributed by atoms with Crippen LogP contribution in [0.2, 0.25) is 0 Å². The monoisotopic (exact) mass is 323 g/mol. The van der Waals surface area contributed by atoms with Crippen molar-refractivity contribution >= 4 is 5.91 Å². The highest BCUT2D eigenvalue weighted by atomic mass is 16.5. The lowest BCUT2D eigenvalue weighted by Crippen LogP contribution is -2.28. The second kappa shape index (κ2) is 5.95. The summed E-state index contributed by atoms with van der Waals surface area (Å²) < 4.78 is 11.4. The van der Waals surface area contributed by atoms with Gasteiger partial charge in [0.2, 0.25) is 5.91 Å². The molecule has 2 aliphatic rings. The number of aryl methyl sites for hydroxylation is 1. The first-order chi connectivity index (χ1) is 11.7. The van der Waals surface area contributed by atoms with Crippen LogP contribution in [-0.2, 0) is 22.7 Å². The maximum absolute atomic E-state index is 13.0. The van der Waals surface area contributed by atoms with E-state index in [1.54, 1.807) is 7.11 Å². The SMILES string of the molecule is COc1cc(C)c2c(c1)C1C(=O)N(Cc3ccccc3)CC1OC2. The first-order valence-electron chi connectivity index (χ1n) is 8.29. The molecule has 0 bridgehead atoms. The van der Waals surface area contributed by atoms with Crippen molar-refractivity contribution in [3.63, 3.8) is 0 Å². The van der Waals surface area contributed by atoms with Gasteiger partial charge in [0.25, 0.3) is 0 Å². The van der Waals surface area contributed by atoms with Gasteiger partial charge in [-0.1, -0.05) is 30.3 Å². The molecule has 0 aromatic heterocycles. The molecule has 2 aromatic carbocycles. The van der Waals surface area contributed by atoms with Gasteiger partial charge in [0.1, 0.15) is 5.75 Å². The first kappa shape index (κ1) is 15.2. The molecule has 0 radical (unpaired) electrons. The fourth-order valence-corrected chi connectivity index (χ4v) is 3.79. The average molecular weight is 323 g/mol. The molecule has 1 saturated heterocycles. The molecular weight excluding hydrogens is 302 g/mol. The highest BCUT2D eigenvalue weighted by Gasteiger charge is 2.45. The molecule has 4 heteroatoms. The number of benzene rings is 2. The number of ether oxygens (including phenoxy) is 2. The number of fused-ring (bicyclic) bond motifs is 3. The number of nitrogens with zero attached hydrogens (tertiary/aromatic N) is 1. The second-order valence-corrected chi connectivity index (χ2v) is 6.54. The summed E-state index contributed by atoms with van der Waals surface area (Å²) in [5, 5.41) is 0. The van der Waals surface area contributed by atoms with E-state index >= 15 is 0 Å². The van der Waals surface area contributed by atoms with E-state index in [-0.39, 0.29) is 17.9 Å². The van der Waals surface area contributed by atoms with E-state index in [9.17, 15) is 4.79 Å². The van der Waals surface area contributed by atoms with Gasteiger partial charge in [0.15, 0.2) is 0 Å². The maximum Gasteiger partial charge on any atom is 0.233 e. The van der Waals surface area contributed by atoms with Crippen LogP contribution in [0.4, 0.5) is 0 Å². The number of carbonyl (C=O) groups is 1. The molecule has 4 nitrogen and oxygen atoms in total. The van der Waals surface area contributed by atoms with Gasteiger partial charge in [-0.3, -0.25) is 4.79 Å². The zero-order chi connectivity index (χ0) is 16.7. The highest BCUT2D eigenvalue weighted by molar-refractivity contribution is 5.88. The Labute approximate surface area is 142 Å². The summed E-state index contributed by atoms with van der Waals surface area (Å²) in [5.74, 6) is 0.741. The van der Waals surface area contributed by atoms with Crippen LogP contribution in [-0.4, -0.2) is 30.6 Å². The Morgan fingerprint density at radius 3 is 2.79 bits per heavy atom. The smallest absolute Gasteiger partial charge is 0.233 e. The van der Waals surface area contributed by atoms with Crippen LogP contribution in [0.1, 0.15) is 28.2 Å². The van der Waals surface area contributed by atoms with Crippen molar-refractivity contribution in [2.24, 2.45) is 0 Å². The summed E-state index contributed by atoms with van der Waals surface area (Å²) in [6, 6.07) is 14.1.